The second-order valence-electron chi connectivity index (χ2n) is 3.99. The molecule has 1 aromatic heterocycles. The lowest BCUT2D eigenvalue weighted by Crippen LogP contribution is -2.26. The second kappa shape index (κ2) is 6.29. The molecule has 0 aliphatic carbocycles. The molecule has 3 nitrogen and oxygen atoms in total. The molecule has 2 aromatic rings. The van der Waals surface area contributed by atoms with Crippen molar-refractivity contribution in [1.29, 1.82) is 0 Å². The zero-order valence-electron chi connectivity index (χ0n) is 10.1. The summed E-state index contributed by atoms with van der Waals surface area (Å²) in [7, 11) is 0. The lowest BCUT2D eigenvalue weighted by atomic mass is 10.1. The largest absolute Gasteiger partial charge is 0.352 e. The third-order valence-electron chi connectivity index (χ3n) is 2.62. The predicted molar refractivity (Wildman–Crippen MR) is 71.7 cm³/mol. The van der Waals surface area contributed by atoms with E-state index >= 15 is 0 Å². The fourth-order valence-corrected chi connectivity index (χ4v) is 1.80. The molecule has 1 amide bonds. The van der Waals surface area contributed by atoms with Crippen LogP contribution in [0.2, 0.25) is 5.02 Å². The molecule has 0 bridgehead atoms. The molecule has 19 heavy (non-hydrogen) atoms. The van der Waals surface area contributed by atoms with Gasteiger partial charge in [-0.2, -0.15) is 0 Å². The Balaban J connectivity index is 1.88. The zero-order valence-corrected chi connectivity index (χ0v) is 10.8. The summed E-state index contributed by atoms with van der Waals surface area (Å²) in [6.45, 7) is 0.454. The number of rotatable bonds is 4. The van der Waals surface area contributed by atoms with E-state index in [-0.39, 0.29) is 11.7 Å². The Bertz CT molecular complexity index is 572. The number of amides is 1. The highest BCUT2D eigenvalue weighted by Crippen LogP contribution is 2.12. The van der Waals surface area contributed by atoms with Crippen LogP contribution in [0.3, 0.4) is 0 Å². The standard InChI is InChI=1S/C14H12ClFN2O/c15-13-6-7-17-9-12(13)14(19)18-8-5-10-1-3-11(16)4-2-10/h1-4,6-7,9H,5,8H2,(H,18,19). The number of benzene rings is 1. The summed E-state index contributed by atoms with van der Waals surface area (Å²) < 4.78 is 12.7. The Kier molecular flexibility index (Phi) is 4.47. The molecule has 1 aromatic carbocycles. The minimum Gasteiger partial charge on any atom is -0.352 e. The van der Waals surface area contributed by atoms with Gasteiger partial charge in [-0.15, -0.1) is 0 Å². The molecule has 0 saturated heterocycles. The normalized spacial score (nSPS) is 10.2. The SMILES string of the molecule is O=C(NCCc1ccc(F)cc1)c1cnccc1Cl. The highest BCUT2D eigenvalue weighted by molar-refractivity contribution is 6.33. The molecule has 0 atom stereocenters. The first kappa shape index (κ1) is 13.5. The van der Waals surface area contributed by atoms with Crippen molar-refractivity contribution in [2.75, 3.05) is 6.54 Å². The molecular formula is C14H12ClFN2O. The van der Waals surface area contributed by atoms with Crippen LogP contribution in [0.25, 0.3) is 0 Å². The zero-order chi connectivity index (χ0) is 13.7. The molecule has 1 N–H and O–H groups in total. The molecule has 0 aliphatic heterocycles. The fraction of sp³-hybridized carbons (Fsp3) is 0.143. The topological polar surface area (TPSA) is 42.0 Å². The highest BCUT2D eigenvalue weighted by Gasteiger charge is 2.09. The van der Waals surface area contributed by atoms with E-state index in [9.17, 15) is 9.18 Å². The first-order chi connectivity index (χ1) is 9.16. The summed E-state index contributed by atoms with van der Waals surface area (Å²) in [5.74, 6) is -0.532. The van der Waals surface area contributed by atoms with Crippen LogP contribution in [0.1, 0.15) is 15.9 Å². The molecule has 0 fully saturated rings. The fourth-order valence-electron chi connectivity index (χ4n) is 1.61. The second-order valence-corrected chi connectivity index (χ2v) is 4.40. The smallest absolute Gasteiger partial charge is 0.254 e. The van der Waals surface area contributed by atoms with Gasteiger partial charge in [0.25, 0.3) is 5.91 Å². The molecule has 2 rings (SSSR count). The summed E-state index contributed by atoms with van der Waals surface area (Å²) in [6, 6.07) is 7.75. The summed E-state index contributed by atoms with van der Waals surface area (Å²) in [4.78, 5) is 15.7. The lowest BCUT2D eigenvalue weighted by Gasteiger charge is -2.06. The molecular weight excluding hydrogens is 267 g/mol. The van der Waals surface area contributed by atoms with Gasteiger partial charge in [0, 0.05) is 18.9 Å². The van der Waals surface area contributed by atoms with Crippen LogP contribution in [0.4, 0.5) is 4.39 Å². The van der Waals surface area contributed by atoms with E-state index < -0.39 is 0 Å². The van der Waals surface area contributed by atoms with Crippen molar-refractivity contribution >= 4 is 17.5 Å². The Labute approximate surface area is 115 Å². The van der Waals surface area contributed by atoms with Crippen molar-refractivity contribution in [2.45, 2.75) is 6.42 Å². The molecule has 5 heteroatoms. The van der Waals surface area contributed by atoms with Crippen LogP contribution in [-0.4, -0.2) is 17.4 Å². The van der Waals surface area contributed by atoms with Crippen molar-refractivity contribution in [1.82, 2.24) is 10.3 Å². The number of halogens is 2. The predicted octanol–water partition coefficient (Wildman–Crippen LogP) is 2.85. The Morgan fingerprint density at radius 2 is 2.00 bits per heavy atom. The van der Waals surface area contributed by atoms with Gasteiger partial charge in [0.15, 0.2) is 0 Å². The number of hydrogen-bond donors (Lipinski definition) is 1. The summed E-state index contributed by atoms with van der Waals surface area (Å²) >= 11 is 5.89. The molecule has 1 heterocycles. The van der Waals surface area contributed by atoms with E-state index in [0.717, 1.165) is 5.56 Å². The maximum absolute atomic E-state index is 12.7. The Morgan fingerprint density at radius 3 is 2.68 bits per heavy atom. The van der Waals surface area contributed by atoms with Crippen LogP contribution in [0.5, 0.6) is 0 Å². The molecule has 0 unspecified atom stereocenters. The highest BCUT2D eigenvalue weighted by atomic mass is 35.5. The van der Waals surface area contributed by atoms with Gasteiger partial charge in [-0.05, 0) is 30.2 Å². The van der Waals surface area contributed by atoms with Gasteiger partial charge in [0.05, 0.1) is 10.6 Å². The van der Waals surface area contributed by atoms with Crippen LogP contribution in [0.15, 0.2) is 42.7 Å². The van der Waals surface area contributed by atoms with Gasteiger partial charge in [-0.3, -0.25) is 9.78 Å². The molecule has 0 radical (unpaired) electrons. The van der Waals surface area contributed by atoms with Crippen LogP contribution >= 0.6 is 11.6 Å². The lowest BCUT2D eigenvalue weighted by molar-refractivity contribution is 0.0954. The maximum Gasteiger partial charge on any atom is 0.254 e. The summed E-state index contributed by atoms with van der Waals surface area (Å²) in [6.07, 6.45) is 3.58. The van der Waals surface area contributed by atoms with Crippen molar-refractivity contribution in [3.8, 4) is 0 Å². The number of pyridine rings is 1. The molecule has 0 aliphatic rings. The van der Waals surface area contributed by atoms with E-state index in [1.54, 1.807) is 18.2 Å². The number of carbonyl (C=O) groups excluding carboxylic acids is 1. The van der Waals surface area contributed by atoms with E-state index in [2.05, 4.69) is 10.3 Å². The third-order valence-corrected chi connectivity index (χ3v) is 2.95. The van der Waals surface area contributed by atoms with E-state index in [4.69, 9.17) is 11.6 Å². The van der Waals surface area contributed by atoms with Gasteiger partial charge < -0.3 is 5.32 Å². The third kappa shape index (κ3) is 3.76. The average molecular weight is 279 g/mol. The van der Waals surface area contributed by atoms with Gasteiger partial charge in [-0.25, -0.2) is 4.39 Å². The average Bonchev–Trinajstić information content (AvgIpc) is 2.41. The van der Waals surface area contributed by atoms with Gasteiger partial charge in [0.1, 0.15) is 5.82 Å². The minimum absolute atomic E-state index is 0.264. The maximum atomic E-state index is 12.7. The van der Waals surface area contributed by atoms with Crippen LogP contribution in [-0.2, 0) is 6.42 Å². The minimum atomic E-state index is -0.269. The van der Waals surface area contributed by atoms with Crippen molar-refractivity contribution < 1.29 is 9.18 Å². The number of nitrogens with zero attached hydrogens (tertiary/aromatic N) is 1. The van der Waals surface area contributed by atoms with Gasteiger partial charge >= 0.3 is 0 Å². The monoisotopic (exact) mass is 278 g/mol. The first-order valence-electron chi connectivity index (χ1n) is 5.79. The first-order valence-corrected chi connectivity index (χ1v) is 6.17. The molecule has 0 spiro atoms. The molecule has 0 saturated carbocycles. The summed E-state index contributed by atoms with van der Waals surface area (Å²) in [5.41, 5.74) is 1.31. The van der Waals surface area contributed by atoms with Gasteiger partial charge in [-0.1, -0.05) is 23.7 Å². The van der Waals surface area contributed by atoms with E-state index in [0.29, 0.717) is 23.6 Å². The number of hydrogen-bond acceptors (Lipinski definition) is 2. The number of nitrogens with one attached hydrogen (secondary N) is 1. The number of aromatic nitrogens is 1. The van der Waals surface area contributed by atoms with Crippen LogP contribution < -0.4 is 5.32 Å². The quantitative estimate of drug-likeness (QED) is 0.934. The van der Waals surface area contributed by atoms with E-state index in [1.165, 1.54) is 24.5 Å². The molecule has 98 valence electrons. The summed E-state index contributed by atoms with van der Waals surface area (Å²) in [5, 5.41) is 3.12. The number of carbonyl (C=O) groups is 1. The van der Waals surface area contributed by atoms with Crippen molar-refractivity contribution in [2.24, 2.45) is 0 Å². The Hall–Kier alpha value is -1.94. The van der Waals surface area contributed by atoms with E-state index in [1.807, 2.05) is 0 Å². The van der Waals surface area contributed by atoms with Crippen LogP contribution in [0, 0.1) is 5.82 Å². The van der Waals surface area contributed by atoms with Gasteiger partial charge in [0.2, 0.25) is 0 Å². The van der Waals surface area contributed by atoms with Crippen molar-refractivity contribution in [3.63, 3.8) is 0 Å². The Morgan fingerprint density at radius 1 is 1.26 bits per heavy atom. The van der Waals surface area contributed by atoms with Crippen molar-refractivity contribution in [3.05, 3.63) is 64.7 Å².